The number of halogens is 1. The predicted molar refractivity (Wildman–Crippen MR) is 116 cm³/mol. The minimum absolute atomic E-state index is 0.0120. The molecule has 2 aromatic carbocycles. The number of anilines is 2. The SMILES string of the molecule is C#Cc1ccc2c(c1)-c1sc(NC(=O)c3c(F)cccc3N(C)C)nc1CCC2. The van der Waals surface area contributed by atoms with Crippen molar-refractivity contribution >= 4 is 28.1 Å². The Labute approximate surface area is 173 Å². The number of aromatic nitrogens is 1. The molecule has 146 valence electrons. The third-order valence-corrected chi connectivity index (χ3v) is 6.05. The number of aryl methyl sites for hydroxylation is 2. The number of benzene rings is 2. The summed E-state index contributed by atoms with van der Waals surface area (Å²) in [6.45, 7) is 0. The van der Waals surface area contributed by atoms with Gasteiger partial charge in [0.15, 0.2) is 5.13 Å². The molecule has 4 nitrogen and oxygen atoms in total. The minimum atomic E-state index is -0.559. The van der Waals surface area contributed by atoms with Crippen molar-refractivity contribution < 1.29 is 9.18 Å². The molecule has 0 unspecified atom stereocenters. The Morgan fingerprint density at radius 3 is 2.86 bits per heavy atom. The maximum absolute atomic E-state index is 14.4. The summed E-state index contributed by atoms with van der Waals surface area (Å²) in [5.41, 5.74) is 4.60. The molecule has 0 spiro atoms. The lowest BCUT2D eigenvalue weighted by molar-refractivity contribution is 0.102. The molecule has 1 aliphatic rings. The van der Waals surface area contributed by atoms with Gasteiger partial charge in [-0.05, 0) is 54.7 Å². The lowest BCUT2D eigenvalue weighted by atomic mass is 10.0. The van der Waals surface area contributed by atoms with Gasteiger partial charge in [0.1, 0.15) is 5.82 Å². The first-order valence-electron chi connectivity index (χ1n) is 9.34. The van der Waals surface area contributed by atoms with E-state index < -0.39 is 11.7 Å². The van der Waals surface area contributed by atoms with Crippen molar-refractivity contribution in [2.75, 3.05) is 24.3 Å². The maximum atomic E-state index is 14.4. The molecule has 0 saturated heterocycles. The quantitative estimate of drug-likeness (QED) is 0.641. The van der Waals surface area contributed by atoms with E-state index in [2.05, 4.69) is 22.3 Å². The van der Waals surface area contributed by atoms with Crippen LogP contribution in [0.2, 0.25) is 0 Å². The minimum Gasteiger partial charge on any atom is -0.377 e. The van der Waals surface area contributed by atoms with Crippen molar-refractivity contribution in [2.45, 2.75) is 19.3 Å². The number of thiazole rings is 1. The van der Waals surface area contributed by atoms with Gasteiger partial charge in [0, 0.05) is 19.7 Å². The lowest BCUT2D eigenvalue weighted by Gasteiger charge is -2.17. The zero-order valence-corrected chi connectivity index (χ0v) is 17.1. The van der Waals surface area contributed by atoms with Gasteiger partial charge in [-0.15, -0.1) is 6.42 Å². The van der Waals surface area contributed by atoms with Crippen LogP contribution >= 0.6 is 11.3 Å². The highest BCUT2D eigenvalue weighted by molar-refractivity contribution is 7.19. The Bertz CT molecular complexity index is 1140. The van der Waals surface area contributed by atoms with Gasteiger partial charge >= 0.3 is 0 Å². The topological polar surface area (TPSA) is 45.2 Å². The maximum Gasteiger partial charge on any atom is 0.262 e. The van der Waals surface area contributed by atoms with Gasteiger partial charge in [0.2, 0.25) is 0 Å². The lowest BCUT2D eigenvalue weighted by Crippen LogP contribution is -2.20. The molecule has 1 amide bonds. The number of nitrogens with zero attached hydrogens (tertiary/aromatic N) is 2. The number of fused-ring (bicyclic) bond motifs is 3. The Hall–Kier alpha value is -3.17. The van der Waals surface area contributed by atoms with Gasteiger partial charge < -0.3 is 4.90 Å². The summed E-state index contributed by atoms with van der Waals surface area (Å²) in [7, 11) is 3.55. The fourth-order valence-electron chi connectivity index (χ4n) is 3.60. The van der Waals surface area contributed by atoms with Crippen molar-refractivity contribution in [3.05, 3.63) is 64.6 Å². The summed E-state index contributed by atoms with van der Waals surface area (Å²) in [6.07, 6.45) is 8.34. The fraction of sp³-hybridized carbons (Fsp3) is 0.217. The molecule has 0 atom stereocenters. The number of carbonyl (C=O) groups is 1. The van der Waals surface area contributed by atoms with Crippen LogP contribution in [0.15, 0.2) is 36.4 Å². The molecule has 29 heavy (non-hydrogen) atoms. The Morgan fingerprint density at radius 2 is 2.10 bits per heavy atom. The first-order chi connectivity index (χ1) is 14.0. The third kappa shape index (κ3) is 3.62. The van der Waals surface area contributed by atoms with E-state index in [0.29, 0.717) is 10.8 Å². The molecule has 3 aromatic rings. The Morgan fingerprint density at radius 1 is 1.28 bits per heavy atom. The smallest absolute Gasteiger partial charge is 0.262 e. The molecule has 0 radical (unpaired) electrons. The van der Waals surface area contributed by atoms with Crippen LogP contribution in [-0.2, 0) is 12.8 Å². The normalized spacial score (nSPS) is 12.3. The molecular formula is C23H20FN3OS. The van der Waals surface area contributed by atoms with E-state index in [1.165, 1.54) is 23.0 Å². The van der Waals surface area contributed by atoms with Gasteiger partial charge in [-0.2, -0.15) is 0 Å². The van der Waals surface area contributed by atoms with Crippen molar-refractivity contribution in [1.82, 2.24) is 4.98 Å². The van der Waals surface area contributed by atoms with Gasteiger partial charge in [-0.1, -0.05) is 29.4 Å². The number of amides is 1. The first-order valence-corrected chi connectivity index (χ1v) is 10.2. The van der Waals surface area contributed by atoms with Crippen LogP contribution in [0.4, 0.5) is 15.2 Å². The summed E-state index contributed by atoms with van der Waals surface area (Å²) in [4.78, 5) is 20.2. The molecule has 6 heteroatoms. The fourth-order valence-corrected chi connectivity index (χ4v) is 4.66. The molecule has 1 aliphatic carbocycles. The predicted octanol–water partition coefficient (Wildman–Crippen LogP) is 4.74. The largest absolute Gasteiger partial charge is 0.377 e. The third-order valence-electron chi connectivity index (χ3n) is 5.00. The molecule has 1 N–H and O–H groups in total. The highest BCUT2D eigenvalue weighted by Gasteiger charge is 2.23. The number of nitrogens with one attached hydrogen (secondary N) is 1. The number of hydrogen-bond donors (Lipinski definition) is 1. The van der Waals surface area contributed by atoms with Crippen LogP contribution in [-0.4, -0.2) is 25.0 Å². The average Bonchev–Trinajstić information content (AvgIpc) is 3.02. The zero-order valence-electron chi connectivity index (χ0n) is 16.3. The first kappa shape index (κ1) is 19.2. The summed E-state index contributed by atoms with van der Waals surface area (Å²) >= 11 is 1.41. The monoisotopic (exact) mass is 405 g/mol. The Balaban J connectivity index is 1.70. The van der Waals surface area contributed by atoms with Crippen molar-refractivity contribution in [1.29, 1.82) is 0 Å². The van der Waals surface area contributed by atoms with Crippen LogP contribution in [0.1, 0.15) is 33.6 Å². The average molecular weight is 405 g/mol. The van der Waals surface area contributed by atoms with Gasteiger partial charge in [-0.25, -0.2) is 9.37 Å². The van der Waals surface area contributed by atoms with E-state index in [1.807, 2.05) is 12.1 Å². The summed E-state index contributed by atoms with van der Waals surface area (Å²) < 4.78 is 14.4. The molecule has 4 rings (SSSR count). The zero-order chi connectivity index (χ0) is 20.5. The summed E-state index contributed by atoms with van der Waals surface area (Å²) in [6, 6.07) is 10.6. The second kappa shape index (κ2) is 7.69. The second-order valence-corrected chi connectivity index (χ2v) is 8.15. The highest BCUT2D eigenvalue weighted by Crippen LogP contribution is 2.39. The van der Waals surface area contributed by atoms with Crippen molar-refractivity contribution in [2.24, 2.45) is 0 Å². The van der Waals surface area contributed by atoms with E-state index in [4.69, 9.17) is 6.42 Å². The van der Waals surface area contributed by atoms with Crippen LogP contribution < -0.4 is 10.2 Å². The van der Waals surface area contributed by atoms with Crippen LogP contribution in [0.3, 0.4) is 0 Å². The molecule has 0 saturated carbocycles. The molecular weight excluding hydrogens is 385 g/mol. The van der Waals surface area contributed by atoms with Crippen LogP contribution in [0, 0.1) is 18.2 Å². The second-order valence-electron chi connectivity index (χ2n) is 7.15. The number of carbonyl (C=O) groups excluding carboxylic acids is 1. The Kier molecular flexibility index (Phi) is 5.08. The molecule has 0 bridgehead atoms. The summed E-state index contributed by atoms with van der Waals surface area (Å²) in [5.74, 6) is 1.61. The standard InChI is InChI=1S/C23H20FN3OS/c1-4-14-11-12-15-7-5-9-18-21(16(15)13-14)29-23(25-18)26-22(28)20-17(24)8-6-10-19(20)27(2)3/h1,6,8,10-13H,5,7,9H2,2-3H3,(H,25,26,28). The number of rotatable bonds is 3. The van der Waals surface area contributed by atoms with Gasteiger partial charge in [0.05, 0.1) is 21.8 Å². The van der Waals surface area contributed by atoms with E-state index in [0.717, 1.165) is 41.0 Å². The van der Waals surface area contributed by atoms with Crippen LogP contribution in [0.5, 0.6) is 0 Å². The number of hydrogen-bond acceptors (Lipinski definition) is 4. The number of terminal acetylenes is 1. The molecule has 1 aromatic heterocycles. The van der Waals surface area contributed by atoms with Crippen LogP contribution in [0.25, 0.3) is 10.4 Å². The van der Waals surface area contributed by atoms with E-state index in [1.54, 1.807) is 31.1 Å². The molecule has 1 heterocycles. The summed E-state index contributed by atoms with van der Waals surface area (Å²) in [5, 5.41) is 3.26. The van der Waals surface area contributed by atoms with Crippen molar-refractivity contribution in [3.8, 4) is 22.8 Å². The molecule has 0 fully saturated rings. The molecule has 0 aliphatic heterocycles. The van der Waals surface area contributed by atoms with Crippen molar-refractivity contribution in [3.63, 3.8) is 0 Å². The van der Waals surface area contributed by atoms with E-state index in [9.17, 15) is 9.18 Å². The van der Waals surface area contributed by atoms with E-state index >= 15 is 0 Å². The highest BCUT2D eigenvalue weighted by atomic mass is 32.1. The van der Waals surface area contributed by atoms with Gasteiger partial charge in [-0.3, -0.25) is 10.1 Å². The van der Waals surface area contributed by atoms with E-state index in [-0.39, 0.29) is 5.56 Å². The van der Waals surface area contributed by atoms with Gasteiger partial charge in [0.25, 0.3) is 5.91 Å².